The van der Waals surface area contributed by atoms with Crippen LogP contribution in [0, 0.1) is 0 Å². The quantitative estimate of drug-likeness (QED) is 0.806. The molecule has 2 N–H and O–H groups in total. The second-order valence-electron chi connectivity index (χ2n) is 7.04. The van der Waals surface area contributed by atoms with E-state index in [4.69, 9.17) is 0 Å². The Morgan fingerprint density at radius 2 is 1.70 bits per heavy atom. The summed E-state index contributed by atoms with van der Waals surface area (Å²) >= 11 is 0. The maximum atomic E-state index is 12.7. The van der Waals surface area contributed by atoms with Crippen molar-refractivity contribution in [1.29, 1.82) is 0 Å². The number of nitrogens with one attached hydrogen (secondary N) is 2. The smallest absolute Gasteiger partial charge is 0.243 e. The van der Waals surface area contributed by atoms with Crippen molar-refractivity contribution in [2.75, 3.05) is 22.1 Å². The van der Waals surface area contributed by atoms with Crippen molar-refractivity contribution in [3.63, 3.8) is 0 Å². The van der Waals surface area contributed by atoms with Gasteiger partial charge in [-0.15, -0.1) is 0 Å². The van der Waals surface area contributed by atoms with Crippen LogP contribution in [0.3, 0.4) is 0 Å². The normalized spacial score (nSPS) is 15.8. The third kappa shape index (κ3) is 4.88. The number of amides is 2. The summed E-state index contributed by atoms with van der Waals surface area (Å²) < 4.78 is 0. The van der Waals surface area contributed by atoms with Crippen LogP contribution in [0.1, 0.15) is 38.7 Å². The van der Waals surface area contributed by atoms with E-state index in [0.29, 0.717) is 18.3 Å². The molecule has 0 bridgehead atoms. The molecule has 2 aromatic rings. The fourth-order valence-electron chi connectivity index (χ4n) is 3.72. The van der Waals surface area contributed by atoms with Crippen molar-refractivity contribution in [3.8, 4) is 0 Å². The Balaban J connectivity index is 1.69. The molecule has 1 aliphatic heterocycles. The summed E-state index contributed by atoms with van der Waals surface area (Å²) in [6.07, 6.45) is 4.36. The molecule has 2 aromatic carbocycles. The molecule has 0 saturated heterocycles. The molecule has 0 radical (unpaired) electrons. The zero-order valence-electron chi connectivity index (χ0n) is 16.0. The minimum Gasteiger partial charge on any atom is -0.359 e. The highest BCUT2D eigenvalue weighted by atomic mass is 16.2. The molecule has 1 aliphatic rings. The first-order chi connectivity index (χ1) is 13.1. The van der Waals surface area contributed by atoms with E-state index >= 15 is 0 Å². The standard InChI is InChI=1S/C22H27N3O2/c1-3-6-20-14-9-17-7-4-5-8-21(17)25(20)15-22(27)24-19-12-10-18(11-13-19)23-16(2)26/h4-5,7-8,10-13,20H,3,6,9,14-15H2,1-2H3,(H,23,26)(H,24,27)/t20-/m0/s1. The average molecular weight is 365 g/mol. The molecule has 142 valence electrons. The molecule has 0 aliphatic carbocycles. The summed E-state index contributed by atoms with van der Waals surface area (Å²) in [5.74, 6) is -0.141. The first-order valence-corrected chi connectivity index (χ1v) is 9.59. The number of para-hydroxylation sites is 1. The van der Waals surface area contributed by atoms with Crippen molar-refractivity contribution in [1.82, 2.24) is 0 Å². The number of carbonyl (C=O) groups is 2. The molecule has 3 rings (SSSR count). The van der Waals surface area contributed by atoms with E-state index < -0.39 is 0 Å². The highest BCUT2D eigenvalue weighted by Gasteiger charge is 2.26. The molecule has 5 heteroatoms. The lowest BCUT2D eigenvalue weighted by Gasteiger charge is -2.38. The second kappa shape index (κ2) is 8.71. The summed E-state index contributed by atoms with van der Waals surface area (Å²) in [4.78, 5) is 26.0. The Labute approximate surface area is 160 Å². The van der Waals surface area contributed by atoms with E-state index in [2.05, 4.69) is 40.7 Å². The fraction of sp³-hybridized carbons (Fsp3) is 0.364. The maximum Gasteiger partial charge on any atom is 0.243 e. The van der Waals surface area contributed by atoms with E-state index in [1.54, 1.807) is 24.3 Å². The molecule has 1 atom stereocenters. The zero-order chi connectivity index (χ0) is 19.2. The van der Waals surface area contributed by atoms with Crippen LogP contribution in [0.5, 0.6) is 0 Å². The molecule has 0 saturated carbocycles. The van der Waals surface area contributed by atoms with Gasteiger partial charge in [0.25, 0.3) is 0 Å². The van der Waals surface area contributed by atoms with Gasteiger partial charge in [0.1, 0.15) is 0 Å². The molecule has 0 unspecified atom stereocenters. The van der Waals surface area contributed by atoms with Crippen LogP contribution in [-0.4, -0.2) is 24.4 Å². The lowest BCUT2D eigenvalue weighted by Crippen LogP contribution is -2.44. The number of benzene rings is 2. The summed E-state index contributed by atoms with van der Waals surface area (Å²) in [6.45, 7) is 4.00. The molecular formula is C22H27N3O2. The lowest BCUT2D eigenvalue weighted by atomic mass is 9.93. The Morgan fingerprint density at radius 1 is 1.04 bits per heavy atom. The minimum atomic E-state index is -0.113. The lowest BCUT2D eigenvalue weighted by molar-refractivity contribution is -0.115. The van der Waals surface area contributed by atoms with Gasteiger partial charge in [0, 0.05) is 30.0 Å². The molecule has 5 nitrogen and oxygen atoms in total. The Hall–Kier alpha value is -2.82. The topological polar surface area (TPSA) is 61.4 Å². The number of hydrogen-bond acceptors (Lipinski definition) is 3. The Kier molecular flexibility index (Phi) is 6.12. The van der Waals surface area contributed by atoms with Gasteiger partial charge in [0.15, 0.2) is 0 Å². The summed E-state index contributed by atoms with van der Waals surface area (Å²) in [6, 6.07) is 16.0. The first-order valence-electron chi connectivity index (χ1n) is 9.59. The molecule has 2 amide bonds. The second-order valence-corrected chi connectivity index (χ2v) is 7.04. The first kappa shape index (κ1) is 19.0. The van der Waals surface area contributed by atoms with Crippen molar-refractivity contribution in [2.24, 2.45) is 0 Å². The number of rotatable bonds is 6. The van der Waals surface area contributed by atoms with E-state index in [1.165, 1.54) is 18.2 Å². The highest BCUT2D eigenvalue weighted by Crippen LogP contribution is 2.32. The summed E-state index contributed by atoms with van der Waals surface area (Å²) in [5.41, 5.74) is 3.94. The summed E-state index contributed by atoms with van der Waals surface area (Å²) in [5, 5.41) is 5.69. The van der Waals surface area contributed by atoms with Crippen LogP contribution < -0.4 is 15.5 Å². The Morgan fingerprint density at radius 3 is 2.37 bits per heavy atom. The van der Waals surface area contributed by atoms with Crippen molar-refractivity contribution >= 4 is 28.9 Å². The minimum absolute atomic E-state index is 0.0277. The van der Waals surface area contributed by atoms with Crippen LogP contribution in [0.4, 0.5) is 17.1 Å². The van der Waals surface area contributed by atoms with Gasteiger partial charge in [-0.25, -0.2) is 0 Å². The van der Waals surface area contributed by atoms with Crippen molar-refractivity contribution in [3.05, 3.63) is 54.1 Å². The maximum absolute atomic E-state index is 12.7. The van der Waals surface area contributed by atoms with Gasteiger partial charge in [-0.3, -0.25) is 9.59 Å². The van der Waals surface area contributed by atoms with Gasteiger partial charge >= 0.3 is 0 Å². The van der Waals surface area contributed by atoms with Gasteiger partial charge in [0.05, 0.1) is 6.54 Å². The van der Waals surface area contributed by atoms with Crippen molar-refractivity contribution in [2.45, 2.75) is 45.6 Å². The molecule has 27 heavy (non-hydrogen) atoms. The van der Waals surface area contributed by atoms with Gasteiger partial charge in [-0.2, -0.15) is 0 Å². The number of hydrogen-bond donors (Lipinski definition) is 2. The molecule has 0 aromatic heterocycles. The van der Waals surface area contributed by atoms with E-state index in [-0.39, 0.29) is 11.8 Å². The number of anilines is 3. The molecule has 1 heterocycles. The van der Waals surface area contributed by atoms with Crippen LogP contribution in [-0.2, 0) is 16.0 Å². The monoisotopic (exact) mass is 365 g/mol. The third-order valence-corrected chi connectivity index (χ3v) is 4.91. The summed E-state index contributed by atoms with van der Waals surface area (Å²) in [7, 11) is 0. The Bertz CT molecular complexity index is 801. The molecule has 0 spiro atoms. The van der Waals surface area contributed by atoms with Crippen molar-refractivity contribution < 1.29 is 9.59 Å². The van der Waals surface area contributed by atoms with E-state index in [0.717, 1.165) is 31.4 Å². The molecule has 0 fully saturated rings. The van der Waals surface area contributed by atoms with E-state index in [9.17, 15) is 9.59 Å². The zero-order valence-corrected chi connectivity index (χ0v) is 16.0. The van der Waals surface area contributed by atoms with Gasteiger partial charge in [-0.1, -0.05) is 31.5 Å². The number of aryl methyl sites for hydroxylation is 1. The van der Waals surface area contributed by atoms with Crippen LogP contribution >= 0.6 is 0 Å². The fourth-order valence-corrected chi connectivity index (χ4v) is 3.72. The largest absolute Gasteiger partial charge is 0.359 e. The van der Waals surface area contributed by atoms with Gasteiger partial charge in [-0.05, 0) is 55.2 Å². The predicted molar refractivity (Wildman–Crippen MR) is 110 cm³/mol. The van der Waals surface area contributed by atoms with Gasteiger partial charge < -0.3 is 15.5 Å². The van der Waals surface area contributed by atoms with Crippen LogP contribution in [0.15, 0.2) is 48.5 Å². The number of fused-ring (bicyclic) bond motifs is 1. The predicted octanol–water partition coefficient (Wildman–Crippen LogP) is 4.21. The van der Waals surface area contributed by atoms with Crippen LogP contribution in [0.2, 0.25) is 0 Å². The number of nitrogens with zero attached hydrogens (tertiary/aromatic N) is 1. The van der Waals surface area contributed by atoms with E-state index in [1.807, 2.05) is 6.07 Å². The average Bonchev–Trinajstić information content (AvgIpc) is 2.65. The third-order valence-electron chi connectivity index (χ3n) is 4.91. The van der Waals surface area contributed by atoms with Gasteiger partial charge in [0.2, 0.25) is 11.8 Å². The SMILES string of the molecule is CCC[C@H]1CCc2ccccc2N1CC(=O)Nc1ccc(NC(C)=O)cc1. The molecular weight excluding hydrogens is 338 g/mol. The highest BCUT2D eigenvalue weighted by molar-refractivity contribution is 5.95. The van der Waals surface area contributed by atoms with Crippen LogP contribution in [0.25, 0.3) is 0 Å². The number of carbonyl (C=O) groups excluding carboxylic acids is 2.